The average molecular weight is 416 g/mol. The molecule has 0 aromatic heterocycles. The van der Waals surface area contributed by atoms with E-state index in [2.05, 4.69) is 16.0 Å². The van der Waals surface area contributed by atoms with Crippen molar-refractivity contribution in [1.29, 1.82) is 0 Å². The largest absolute Gasteiger partial charge is 0.354 e. The number of nitrogens with zero attached hydrogens (tertiary/aromatic N) is 2. The van der Waals surface area contributed by atoms with Gasteiger partial charge in [0.05, 0.1) is 12.3 Å². The molecule has 0 bridgehead atoms. The van der Waals surface area contributed by atoms with E-state index in [1.54, 1.807) is 4.90 Å². The van der Waals surface area contributed by atoms with Crippen LogP contribution < -0.4 is 16.0 Å². The van der Waals surface area contributed by atoms with Gasteiger partial charge in [0.15, 0.2) is 0 Å². The zero-order valence-electron chi connectivity index (χ0n) is 16.5. The molecule has 0 spiro atoms. The summed E-state index contributed by atoms with van der Waals surface area (Å²) >= 11 is 0. The molecular formula is C17H29N5O5S. The smallest absolute Gasteiger partial charge is 0.315 e. The molecule has 0 aromatic rings. The van der Waals surface area contributed by atoms with Crippen LogP contribution in [0.1, 0.15) is 33.1 Å². The van der Waals surface area contributed by atoms with Gasteiger partial charge in [-0.15, -0.1) is 0 Å². The summed E-state index contributed by atoms with van der Waals surface area (Å²) in [5.74, 6) is -0.473. The molecule has 0 radical (unpaired) electrons. The lowest BCUT2D eigenvalue weighted by molar-refractivity contribution is -0.140. The third-order valence-electron chi connectivity index (χ3n) is 5.32. The zero-order chi connectivity index (χ0) is 20.6. The lowest BCUT2D eigenvalue weighted by Crippen LogP contribution is -2.63. The third kappa shape index (κ3) is 4.75. The van der Waals surface area contributed by atoms with Crippen molar-refractivity contribution in [3.05, 3.63) is 0 Å². The fraction of sp³-hybridized carbons (Fsp3) is 0.824. The van der Waals surface area contributed by atoms with Gasteiger partial charge in [-0.3, -0.25) is 9.59 Å². The highest BCUT2D eigenvalue weighted by Crippen LogP contribution is 2.30. The molecule has 28 heavy (non-hydrogen) atoms. The maximum Gasteiger partial charge on any atom is 0.315 e. The molecule has 11 heteroatoms. The van der Waals surface area contributed by atoms with Gasteiger partial charge in [0.2, 0.25) is 21.8 Å². The predicted octanol–water partition coefficient (Wildman–Crippen LogP) is -1.17. The van der Waals surface area contributed by atoms with Crippen LogP contribution in [0.2, 0.25) is 0 Å². The van der Waals surface area contributed by atoms with Gasteiger partial charge in [0.25, 0.3) is 0 Å². The van der Waals surface area contributed by atoms with Crippen molar-refractivity contribution in [2.45, 2.75) is 57.3 Å². The number of piperazine rings is 1. The lowest BCUT2D eigenvalue weighted by Gasteiger charge is -2.41. The van der Waals surface area contributed by atoms with E-state index in [4.69, 9.17) is 0 Å². The predicted molar refractivity (Wildman–Crippen MR) is 102 cm³/mol. The summed E-state index contributed by atoms with van der Waals surface area (Å²) < 4.78 is 25.7. The van der Waals surface area contributed by atoms with Gasteiger partial charge in [-0.2, -0.15) is 4.31 Å². The number of hydrogen-bond acceptors (Lipinski definition) is 5. The summed E-state index contributed by atoms with van der Waals surface area (Å²) in [5, 5.41) is 8.31. The second-order valence-corrected chi connectivity index (χ2v) is 10.2. The van der Waals surface area contributed by atoms with E-state index in [0.717, 1.165) is 19.1 Å². The Morgan fingerprint density at radius 2 is 1.89 bits per heavy atom. The quantitative estimate of drug-likeness (QED) is 0.504. The van der Waals surface area contributed by atoms with E-state index >= 15 is 0 Å². The minimum absolute atomic E-state index is 0.00852. The van der Waals surface area contributed by atoms with Crippen molar-refractivity contribution in [2.24, 2.45) is 5.92 Å². The van der Waals surface area contributed by atoms with E-state index in [1.165, 1.54) is 4.31 Å². The Morgan fingerprint density at radius 1 is 1.21 bits per heavy atom. The van der Waals surface area contributed by atoms with E-state index < -0.39 is 16.1 Å². The Balaban J connectivity index is 1.68. The minimum atomic E-state index is -3.62. The molecule has 3 aliphatic rings. The van der Waals surface area contributed by atoms with Gasteiger partial charge < -0.3 is 20.9 Å². The lowest BCUT2D eigenvalue weighted by atomic mass is 10.1. The van der Waals surface area contributed by atoms with E-state index in [0.29, 0.717) is 13.0 Å². The topological polar surface area (TPSA) is 128 Å². The first kappa shape index (κ1) is 20.8. The van der Waals surface area contributed by atoms with Gasteiger partial charge in [0, 0.05) is 37.6 Å². The second kappa shape index (κ2) is 7.86. The van der Waals surface area contributed by atoms with Crippen LogP contribution in [0.5, 0.6) is 0 Å². The number of carbonyl (C=O) groups excluding carboxylic acids is 3. The van der Waals surface area contributed by atoms with Crippen LogP contribution in [0.3, 0.4) is 0 Å². The number of carbonyl (C=O) groups is 3. The summed E-state index contributed by atoms with van der Waals surface area (Å²) in [6, 6.07) is -1.79. The number of nitrogens with one attached hydrogen (secondary N) is 3. The van der Waals surface area contributed by atoms with E-state index in [-0.39, 0.29) is 55.0 Å². The molecule has 2 heterocycles. The zero-order valence-corrected chi connectivity index (χ0v) is 17.3. The highest BCUT2D eigenvalue weighted by atomic mass is 32.2. The first-order valence-electron chi connectivity index (χ1n) is 9.68. The van der Waals surface area contributed by atoms with Crippen LogP contribution >= 0.6 is 0 Å². The van der Waals surface area contributed by atoms with Crippen LogP contribution in [0, 0.1) is 5.92 Å². The Kier molecular flexibility index (Phi) is 5.85. The fourth-order valence-corrected chi connectivity index (χ4v) is 4.92. The molecule has 2 aliphatic heterocycles. The third-order valence-corrected chi connectivity index (χ3v) is 6.58. The molecule has 3 rings (SSSR count). The molecule has 0 aromatic carbocycles. The Bertz CT molecular complexity index is 751. The minimum Gasteiger partial charge on any atom is -0.354 e. The summed E-state index contributed by atoms with van der Waals surface area (Å²) in [5.41, 5.74) is 0. The molecule has 3 fully saturated rings. The molecule has 10 nitrogen and oxygen atoms in total. The molecule has 2 saturated heterocycles. The highest BCUT2D eigenvalue weighted by molar-refractivity contribution is 7.88. The summed E-state index contributed by atoms with van der Waals surface area (Å²) in [7, 11) is -3.62. The van der Waals surface area contributed by atoms with Crippen molar-refractivity contribution in [3.63, 3.8) is 0 Å². The summed E-state index contributed by atoms with van der Waals surface area (Å²) in [4.78, 5) is 38.5. The van der Waals surface area contributed by atoms with Crippen LogP contribution in [-0.2, 0) is 19.6 Å². The normalized spacial score (nSPS) is 28.2. The van der Waals surface area contributed by atoms with Gasteiger partial charge in [-0.05, 0) is 33.1 Å². The first-order valence-corrected chi connectivity index (χ1v) is 11.5. The van der Waals surface area contributed by atoms with E-state index in [9.17, 15) is 22.8 Å². The summed E-state index contributed by atoms with van der Waals surface area (Å²) in [6.45, 7) is 4.17. The van der Waals surface area contributed by atoms with Crippen molar-refractivity contribution in [1.82, 2.24) is 25.2 Å². The fourth-order valence-electron chi connectivity index (χ4n) is 3.85. The van der Waals surface area contributed by atoms with Crippen molar-refractivity contribution < 1.29 is 22.8 Å². The Morgan fingerprint density at radius 3 is 2.46 bits per heavy atom. The number of sulfonamides is 1. The molecule has 3 N–H and O–H groups in total. The van der Waals surface area contributed by atoms with Gasteiger partial charge in [0.1, 0.15) is 6.04 Å². The van der Waals surface area contributed by atoms with Crippen molar-refractivity contribution in [2.75, 3.05) is 25.9 Å². The van der Waals surface area contributed by atoms with Crippen LogP contribution in [0.25, 0.3) is 0 Å². The first-order chi connectivity index (χ1) is 13.1. The highest BCUT2D eigenvalue weighted by Gasteiger charge is 2.48. The average Bonchev–Trinajstić information content (AvgIpc) is 3.33. The Labute approximate surface area is 165 Å². The van der Waals surface area contributed by atoms with Crippen molar-refractivity contribution >= 4 is 27.9 Å². The standard InChI is InChI=1S/C17H29N5O5S/c1-10(2)19-17(25)20-12-6-13-9-22(28(3,26)27)14(16(24)21(13)8-12)7-18-15(23)11-4-5-11/h10-14H,4-9H2,1-3H3,(H,18,23)(H2,19,20,25)/t12-,13-,14-/m0/s1. The number of rotatable bonds is 6. The second-order valence-electron chi connectivity index (χ2n) is 8.22. The molecule has 3 atom stereocenters. The molecular weight excluding hydrogens is 386 g/mol. The van der Waals surface area contributed by atoms with Crippen LogP contribution in [0.4, 0.5) is 4.79 Å². The molecule has 158 valence electrons. The Hall–Kier alpha value is -1.88. The monoisotopic (exact) mass is 415 g/mol. The van der Waals surface area contributed by atoms with Crippen molar-refractivity contribution in [3.8, 4) is 0 Å². The van der Waals surface area contributed by atoms with Crippen LogP contribution in [0.15, 0.2) is 0 Å². The number of amides is 4. The number of urea groups is 1. The maximum atomic E-state index is 13.0. The number of fused-ring (bicyclic) bond motifs is 1. The SMILES string of the molecule is CC(C)NC(=O)N[C@H]1C[C@H]2CN(S(C)(=O)=O)[C@@H](CNC(=O)C3CC3)C(=O)N2C1. The molecule has 1 saturated carbocycles. The van der Waals surface area contributed by atoms with Gasteiger partial charge >= 0.3 is 6.03 Å². The molecule has 1 aliphatic carbocycles. The number of hydrogen-bond donors (Lipinski definition) is 3. The van der Waals surface area contributed by atoms with Gasteiger partial charge in [-0.1, -0.05) is 0 Å². The van der Waals surface area contributed by atoms with E-state index in [1.807, 2.05) is 13.8 Å². The van der Waals surface area contributed by atoms with Gasteiger partial charge in [-0.25, -0.2) is 13.2 Å². The van der Waals surface area contributed by atoms with Crippen LogP contribution in [-0.4, -0.2) is 85.5 Å². The maximum absolute atomic E-state index is 13.0. The molecule has 4 amide bonds. The molecule has 0 unspecified atom stereocenters. The summed E-state index contributed by atoms with van der Waals surface area (Å²) in [6.07, 6.45) is 3.23.